The maximum absolute atomic E-state index is 12.9. The van der Waals surface area contributed by atoms with E-state index in [9.17, 15) is 9.59 Å². The van der Waals surface area contributed by atoms with Crippen molar-refractivity contribution < 1.29 is 14.3 Å². The van der Waals surface area contributed by atoms with E-state index in [0.717, 1.165) is 5.56 Å². The first kappa shape index (κ1) is 18.9. The van der Waals surface area contributed by atoms with Crippen molar-refractivity contribution in [2.24, 2.45) is 7.05 Å². The lowest BCUT2D eigenvalue weighted by Gasteiger charge is -2.36. The molecule has 1 N–H and O–H groups in total. The number of likely N-dealkylation sites (N-methyl/N-ethyl adjacent to an activating group) is 1. The van der Waals surface area contributed by atoms with Crippen molar-refractivity contribution in [2.45, 2.75) is 6.04 Å². The normalized spacial score (nSPS) is 15.5. The summed E-state index contributed by atoms with van der Waals surface area (Å²) in [7, 11) is 5.16. The number of rotatable bonds is 5. The lowest BCUT2D eigenvalue weighted by molar-refractivity contribution is -0.135. The number of nitrogens with zero attached hydrogens (tertiary/aromatic N) is 4. The summed E-state index contributed by atoms with van der Waals surface area (Å²) in [6.07, 6.45) is 3.53. The van der Waals surface area contributed by atoms with E-state index in [0.29, 0.717) is 37.5 Å². The molecule has 27 heavy (non-hydrogen) atoms. The Labute approximate surface area is 158 Å². The number of piperazine rings is 1. The van der Waals surface area contributed by atoms with Crippen LogP contribution in [-0.4, -0.2) is 71.7 Å². The molecule has 0 spiro atoms. The standard InChI is InChI=1S/C19H25N5O3/c1-20-17(15-12-21-22(2)13-15)19(26)24-9-7-23(8-10-24)18(25)14-5-4-6-16(11-14)27-3/h4-6,11-13,17,20H,7-10H2,1-3H3. The first-order valence-electron chi connectivity index (χ1n) is 8.91. The molecule has 1 unspecified atom stereocenters. The molecule has 8 heteroatoms. The third-order valence-electron chi connectivity index (χ3n) is 4.79. The Kier molecular flexibility index (Phi) is 5.75. The number of nitrogens with one attached hydrogen (secondary N) is 1. The zero-order chi connectivity index (χ0) is 19.4. The Morgan fingerprint density at radius 1 is 1.19 bits per heavy atom. The molecule has 1 aliphatic heterocycles. The number of hydrogen-bond acceptors (Lipinski definition) is 5. The van der Waals surface area contributed by atoms with Crippen molar-refractivity contribution in [2.75, 3.05) is 40.3 Å². The van der Waals surface area contributed by atoms with Crippen LogP contribution in [0.3, 0.4) is 0 Å². The van der Waals surface area contributed by atoms with Crippen molar-refractivity contribution in [3.05, 3.63) is 47.8 Å². The van der Waals surface area contributed by atoms with Crippen molar-refractivity contribution in [1.29, 1.82) is 0 Å². The molecule has 0 saturated carbocycles. The molecule has 0 radical (unpaired) electrons. The van der Waals surface area contributed by atoms with Gasteiger partial charge in [0.05, 0.1) is 13.3 Å². The highest BCUT2D eigenvalue weighted by atomic mass is 16.5. The molecule has 144 valence electrons. The van der Waals surface area contributed by atoms with Gasteiger partial charge in [-0.3, -0.25) is 14.3 Å². The summed E-state index contributed by atoms with van der Waals surface area (Å²) < 4.78 is 6.86. The Hall–Kier alpha value is -2.87. The fourth-order valence-corrected chi connectivity index (χ4v) is 3.27. The first-order valence-corrected chi connectivity index (χ1v) is 8.91. The van der Waals surface area contributed by atoms with E-state index in [1.54, 1.807) is 53.0 Å². The van der Waals surface area contributed by atoms with Gasteiger partial charge in [-0.05, 0) is 25.2 Å². The Morgan fingerprint density at radius 2 is 1.89 bits per heavy atom. The Morgan fingerprint density at radius 3 is 2.48 bits per heavy atom. The number of benzene rings is 1. The molecular weight excluding hydrogens is 346 g/mol. The minimum absolute atomic E-state index is 0.000945. The molecule has 0 aliphatic carbocycles. The van der Waals surface area contributed by atoms with Gasteiger partial charge in [0.15, 0.2) is 0 Å². The van der Waals surface area contributed by atoms with Crippen LogP contribution in [0.2, 0.25) is 0 Å². The summed E-state index contributed by atoms with van der Waals surface area (Å²) in [6.45, 7) is 2.02. The Balaban J connectivity index is 1.62. The largest absolute Gasteiger partial charge is 0.497 e. The highest BCUT2D eigenvalue weighted by Gasteiger charge is 2.30. The molecule has 0 bridgehead atoms. The van der Waals surface area contributed by atoms with Crippen LogP contribution in [-0.2, 0) is 11.8 Å². The number of methoxy groups -OCH3 is 1. The quantitative estimate of drug-likeness (QED) is 0.836. The average Bonchev–Trinajstić information content (AvgIpc) is 3.14. The minimum atomic E-state index is -0.431. The zero-order valence-electron chi connectivity index (χ0n) is 15.9. The number of hydrogen-bond donors (Lipinski definition) is 1. The summed E-state index contributed by atoms with van der Waals surface area (Å²) in [5.41, 5.74) is 1.43. The van der Waals surface area contributed by atoms with Crippen LogP contribution in [0.5, 0.6) is 5.75 Å². The highest BCUT2D eigenvalue weighted by molar-refractivity contribution is 5.95. The van der Waals surface area contributed by atoms with Gasteiger partial charge in [0, 0.05) is 50.6 Å². The SMILES string of the molecule is CNC(C(=O)N1CCN(C(=O)c2cccc(OC)c2)CC1)c1cnn(C)c1. The zero-order valence-corrected chi connectivity index (χ0v) is 15.9. The van der Waals surface area contributed by atoms with E-state index in [2.05, 4.69) is 10.4 Å². The van der Waals surface area contributed by atoms with Crippen LogP contribution in [0.15, 0.2) is 36.7 Å². The van der Waals surface area contributed by atoms with E-state index in [1.165, 1.54) is 0 Å². The molecule has 1 aliphatic rings. The lowest BCUT2D eigenvalue weighted by atomic mass is 10.1. The van der Waals surface area contributed by atoms with Gasteiger partial charge < -0.3 is 19.9 Å². The first-order chi connectivity index (χ1) is 13.0. The second-order valence-electron chi connectivity index (χ2n) is 6.52. The molecule has 2 heterocycles. The van der Waals surface area contributed by atoms with Gasteiger partial charge in [-0.15, -0.1) is 0 Å². The smallest absolute Gasteiger partial charge is 0.254 e. The molecule has 8 nitrogen and oxygen atoms in total. The van der Waals surface area contributed by atoms with Crippen LogP contribution < -0.4 is 10.1 Å². The number of amides is 2. The number of ether oxygens (including phenoxy) is 1. The van der Waals surface area contributed by atoms with Crippen LogP contribution >= 0.6 is 0 Å². The summed E-state index contributed by atoms with van der Waals surface area (Å²) in [6, 6.07) is 6.70. The predicted octanol–water partition coefficient (Wildman–Crippen LogP) is 0.674. The maximum atomic E-state index is 12.9. The third-order valence-corrected chi connectivity index (χ3v) is 4.79. The van der Waals surface area contributed by atoms with E-state index in [1.807, 2.05) is 19.3 Å². The summed E-state index contributed by atoms with van der Waals surface area (Å²) in [5, 5.41) is 7.20. The number of aromatic nitrogens is 2. The second kappa shape index (κ2) is 8.22. The van der Waals surface area contributed by atoms with Crippen molar-refractivity contribution in [1.82, 2.24) is 24.9 Å². The van der Waals surface area contributed by atoms with Gasteiger partial charge >= 0.3 is 0 Å². The van der Waals surface area contributed by atoms with E-state index < -0.39 is 6.04 Å². The number of carbonyl (C=O) groups excluding carboxylic acids is 2. The van der Waals surface area contributed by atoms with E-state index >= 15 is 0 Å². The van der Waals surface area contributed by atoms with Gasteiger partial charge in [0.2, 0.25) is 5.91 Å². The topological polar surface area (TPSA) is 79.7 Å². The molecular formula is C19H25N5O3. The van der Waals surface area contributed by atoms with Gasteiger partial charge in [-0.25, -0.2) is 0 Å². The van der Waals surface area contributed by atoms with Crippen molar-refractivity contribution in [3.63, 3.8) is 0 Å². The Bertz CT molecular complexity index is 811. The van der Waals surface area contributed by atoms with Gasteiger partial charge in [0.25, 0.3) is 5.91 Å². The van der Waals surface area contributed by atoms with Crippen LogP contribution in [0, 0.1) is 0 Å². The summed E-state index contributed by atoms with van der Waals surface area (Å²) in [5.74, 6) is 0.611. The fraction of sp³-hybridized carbons (Fsp3) is 0.421. The second-order valence-corrected chi connectivity index (χ2v) is 6.52. The molecule has 1 saturated heterocycles. The third kappa shape index (κ3) is 4.11. The maximum Gasteiger partial charge on any atom is 0.254 e. The van der Waals surface area contributed by atoms with Gasteiger partial charge in [-0.2, -0.15) is 5.10 Å². The van der Waals surface area contributed by atoms with E-state index in [4.69, 9.17) is 4.74 Å². The van der Waals surface area contributed by atoms with Crippen LogP contribution in [0.25, 0.3) is 0 Å². The molecule has 1 aromatic carbocycles. The van der Waals surface area contributed by atoms with Crippen molar-refractivity contribution in [3.8, 4) is 5.75 Å². The van der Waals surface area contributed by atoms with E-state index in [-0.39, 0.29) is 11.8 Å². The highest BCUT2D eigenvalue weighted by Crippen LogP contribution is 2.18. The molecule has 1 aromatic heterocycles. The van der Waals surface area contributed by atoms with Crippen molar-refractivity contribution >= 4 is 11.8 Å². The minimum Gasteiger partial charge on any atom is -0.497 e. The summed E-state index contributed by atoms with van der Waals surface area (Å²) in [4.78, 5) is 29.1. The monoisotopic (exact) mass is 371 g/mol. The molecule has 2 amide bonds. The molecule has 3 rings (SSSR count). The fourth-order valence-electron chi connectivity index (χ4n) is 3.27. The predicted molar refractivity (Wildman–Crippen MR) is 100 cm³/mol. The van der Waals surface area contributed by atoms with Crippen LogP contribution in [0.1, 0.15) is 22.0 Å². The molecule has 1 atom stereocenters. The van der Waals surface area contributed by atoms with Crippen LogP contribution in [0.4, 0.5) is 0 Å². The summed E-state index contributed by atoms with van der Waals surface area (Å²) >= 11 is 0. The molecule has 2 aromatic rings. The van der Waals surface area contributed by atoms with Gasteiger partial charge in [0.1, 0.15) is 11.8 Å². The number of carbonyl (C=O) groups is 2. The average molecular weight is 371 g/mol. The van der Waals surface area contributed by atoms with Gasteiger partial charge in [-0.1, -0.05) is 6.07 Å². The lowest BCUT2D eigenvalue weighted by Crippen LogP contribution is -2.52. The number of aryl methyl sites for hydroxylation is 1. The molecule has 1 fully saturated rings.